The molecule has 0 bridgehead atoms. The Morgan fingerprint density at radius 1 is 1.48 bits per heavy atom. The van der Waals surface area contributed by atoms with Crippen molar-refractivity contribution in [2.75, 3.05) is 6.61 Å². The zero-order chi connectivity index (χ0) is 15.0. The van der Waals surface area contributed by atoms with Crippen LogP contribution in [0.5, 0.6) is 0 Å². The number of rotatable bonds is 3. The lowest BCUT2D eigenvalue weighted by Gasteiger charge is -2.33. The number of carbonyl (C=O) groups excluding carboxylic acids is 1. The maximum atomic E-state index is 12.4. The third kappa shape index (κ3) is 2.32. The molecule has 112 valence electrons. The highest BCUT2D eigenvalue weighted by Gasteiger charge is 2.42. The van der Waals surface area contributed by atoms with E-state index in [2.05, 4.69) is 16.9 Å². The van der Waals surface area contributed by atoms with Gasteiger partial charge < -0.3 is 4.74 Å². The second-order valence-corrected chi connectivity index (χ2v) is 6.82. The maximum absolute atomic E-state index is 12.4. The van der Waals surface area contributed by atoms with E-state index in [1.807, 2.05) is 6.92 Å². The number of hydrogen-bond acceptors (Lipinski definition) is 5. The minimum absolute atomic E-state index is 0.0761. The van der Waals surface area contributed by atoms with Crippen LogP contribution in [0.2, 0.25) is 5.15 Å². The standard InChI is InChI=1S/C15H17ClN2O2S/c1-3-15(14(19)20-4-2)6-5-9-10(7-15)21-13-11(9)12(16)17-8-18-13/h8H,3-7H2,1-2H3/t15-/m0/s1. The molecule has 0 unspecified atom stereocenters. The Morgan fingerprint density at radius 3 is 3.00 bits per heavy atom. The molecule has 2 aromatic heterocycles. The third-order valence-electron chi connectivity index (χ3n) is 4.36. The van der Waals surface area contributed by atoms with Crippen LogP contribution in [0, 0.1) is 5.41 Å². The average Bonchev–Trinajstić information content (AvgIpc) is 2.85. The van der Waals surface area contributed by atoms with Gasteiger partial charge in [-0.1, -0.05) is 18.5 Å². The summed E-state index contributed by atoms with van der Waals surface area (Å²) in [5.74, 6) is -0.0761. The lowest BCUT2D eigenvalue weighted by Crippen LogP contribution is -2.37. The monoisotopic (exact) mass is 324 g/mol. The third-order valence-corrected chi connectivity index (χ3v) is 5.79. The quantitative estimate of drug-likeness (QED) is 0.636. The minimum atomic E-state index is -0.399. The summed E-state index contributed by atoms with van der Waals surface area (Å²) in [6, 6.07) is 0. The van der Waals surface area contributed by atoms with Gasteiger partial charge in [-0.15, -0.1) is 11.3 Å². The van der Waals surface area contributed by atoms with Gasteiger partial charge in [-0.25, -0.2) is 9.97 Å². The fourth-order valence-electron chi connectivity index (χ4n) is 3.07. The first kappa shape index (κ1) is 14.7. The lowest BCUT2D eigenvalue weighted by atomic mass is 9.72. The summed E-state index contributed by atoms with van der Waals surface area (Å²) in [4.78, 5) is 22.9. The van der Waals surface area contributed by atoms with E-state index in [1.54, 1.807) is 11.3 Å². The van der Waals surface area contributed by atoms with Gasteiger partial charge in [0, 0.05) is 4.88 Å². The average molecular weight is 325 g/mol. The molecule has 4 nitrogen and oxygen atoms in total. The van der Waals surface area contributed by atoms with E-state index >= 15 is 0 Å². The Bertz CT molecular complexity index is 700. The maximum Gasteiger partial charge on any atom is 0.312 e. The van der Waals surface area contributed by atoms with Crippen LogP contribution < -0.4 is 0 Å². The van der Waals surface area contributed by atoms with Crippen LogP contribution in [-0.2, 0) is 22.4 Å². The van der Waals surface area contributed by atoms with Crippen LogP contribution in [-0.4, -0.2) is 22.5 Å². The van der Waals surface area contributed by atoms with E-state index in [-0.39, 0.29) is 5.97 Å². The molecule has 3 rings (SSSR count). The molecule has 0 N–H and O–H groups in total. The number of halogens is 1. The largest absolute Gasteiger partial charge is 0.466 e. The van der Waals surface area contributed by atoms with Crippen molar-refractivity contribution in [2.24, 2.45) is 5.41 Å². The Labute approximate surface area is 132 Å². The van der Waals surface area contributed by atoms with Gasteiger partial charge >= 0.3 is 5.97 Å². The molecule has 0 amide bonds. The summed E-state index contributed by atoms with van der Waals surface area (Å²) < 4.78 is 5.30. The Hall–Kier alpha value is -1.20. The number of aromatic nitrogens is 2. The van der Waals surface area contributed by atoms with Gasteiger partial charge in [0.15, 0.2) is 0 Å². The van der Waals surface area contributed by atoms with E-state index < -0.39 is 5.41 Å². The molecule has 0 fully saturated rings. The lowest BCUT2D eigenvalue weighted by molar-refractivity contribution is -0.156. The predicted molar refractivity (Wildman–Crippen MR) is 83.8 cm³/mol. The topological polar surface area (TPSA) is 52.1 Å². The zero-order valence-corrected chi connectivity index (χ0v) is 13.7. The number of hydrogen-bond donors (Lipinski definition) is 0. The number of aryl methyl sites for hydroxylation is 1. The summed E-state index contributed by atoms with van der Waals surface area (Å²) in [5, 5.41) is 1.48. The molecule has 0 aliphatic heterocycles. The van der Waals surface area contributed by atoms with Crippen LogP contribution in [0.25, 0.3) is 10.2 Å². The molecule has 2 aromatic rings. The highest BCUT2D eigenvalue weighted by atomic mass is 35.5. The molecule has 1 aliphatic rings. The number of carbonyl (C=O) groups is 1. The second-order valence-electron chi connectivity index (χ2n) is 5.38. The van der Waals surface area contributed by atoms with Gasteiger partial charge in [0.05, 0.1) is 17.4 Å². The second kappa shape index (κ2) is 5.54. The molecule has 6 heteroatoms. The van der Waals surface area contributed by atoms with Gasteiger partial charge in [0.25, 0.3) is 0 Å². The van der Waals surface area contributed by atoms with Crippen molar-refractivity contribution in [3.8, 4) is 0 Å². The fourth-order valence-corrected chi connectivity index (χ4v) is 4.70. The van der Waals surface area contributed by atoms with Crippen molar-refractivity contribution < 1.29 is 9.53 Å². The van der Waals surface area contributed by atoms with E-state index in [1.165, 1.54) is 16.8 Å². The van der Waals surface area contributed by atoms with Crippen molar-refractivity contribution in [3.05, 3.63) is 21.9 Å². The summed E-state index contributed by atoms with van der Waals surface area (Å²) in [6.07, 6.45) is 4.63. The van der Waals surface area contributed by atoms with Gasteiger partial charge in [-0.3, -0.25) is 4.79 Å². The summed E-state index contributed by atoms with van der Waals surface area (Å²) >= 11 is 7.84. The summed E-state index contributed by atoms with van der Waals surface area (Å²) in [7, 11) is 0. The normalized spacial score (nSPS) is 21.3. The Morgan fingerprint density at radius 2 is 2.29 bits per heavy atom. The van der Waals surface area contributed by atoms with Gasteiger partial charge in [-0.2, -0.15) is 0 Å². The molecule has 0 saturated carbocycles. The van der Waals surface area contributed by atoms with Gasteiger partial charge in [0.1, 0.15) is 16.3 Å². The highest BCUT2D eigenvalue weighted by Crippen LogP contribution is 2.45. The van der Waals surface area contributed by atoms with Crippen LogP contribution >= 0.6 is 22.9 Å². The van der Waals surface area contributed by atoms with Crippen LogP contribution in [0.4, 0.5) is 0 Å². The first-order valence-electron chi connectivity index (χ1n) is 7.19. The molecule has 0 spiro atoms. The van der Waals surface area contributed by atoms with E-state index in [4.69, 9.17) is 16.3 Å². The van der Waals surface area contributed by atoms with Crippen LogP contribution in [0.3, 0.4) is 0 Å². The van der Waals surface area contributed by atoms with Gasteiger partial charge in [-0.05, 0) is 38.2 Å². The van der Waals surface area contributed by atoms with Crippen molar-refractivity contribution in [1.82, 2.24) is 9.97 Å². The molecule has 21 heavy (non-hydrogen) atoms. The first-order chi connectivity index (χ1) is 10.1. The molecule has 1 aliphatic carbocycles. The number of ether oxygens (including phenoxy) is 1. The summed E-state index contributed by atoms with van der Waals surface area (Å²) in [6.45, 7) is 4.34. The van der Waals surface area contributed by atoms with Crippen molar-refractivity contribution >= 4 is 39.1 Å². The Kier molecular flexibility index (Phi) is 3.88. The molecule has 0 radical (unpaired) electrons. The van der Waals surface area contributed by atoms with Crippen LogP contribution in [0.1, 0.15) is 37.1 Å². The van der Waals surface area contributed by atoms with E-state index in [0.29, 0.717) is 11.8 Å². The fraction of sp³-hybridized carbons (Fsp3) is 0.533. The molecular formula is C15H17ClN2O2S. The Balaban J connectivity index is 2.04. The van der Waals surface area contributed by atoms with Crippen molar-refractivity contribution in [2.45, 2.75) is 39.5 Å². The minimum Gasteiger partial charge on any atom is -0.466 e. The van der Waals surface area contributed by atoms with E-state index in [9.17, 15) is 4.79 Å². The molecule has 1 atom stereocenters. The number of esters is 1. The predicted octanol–water partition coefficient (Wildman–Crippen LogP) is 3.79. The molecule has 0 aromatic carbocycles. The SMILES string of the molecule is CCOC(=O)[C@@]1(CC)CCc2c(sc3ncnc(Cl)c23)C1. The summed E-state index contributed by atoms with van der Waals surface area (Å²) in [5.41, 5.74) is 0.818. The zero-order valence-electron chi connectivity index (χ0n) is 12.1. The van der Waals surface area contributed by atoms with Crippen LogP contribution in [0.15, 0.2) is 6.33 Å². The highest BCUT2D eigenvalue weighted by molar-refractivity contribution is 7.19. The van der Waals surface area contributed by atoms with E-state index in [0.717, 1.165) is 35.9 Å². The number of thiophene rings is 1. The molecule has 2 heterocycles. The number of nitrogens with zero attached hydrogens (tertiary/aromatic N) is 2. The number of fused-ring (bicyclic) bond motifs is 3. The molecule has 0 saturated heterocycles. The first-order valence-corrected chi connectivity index (χ1v) is 8.38. The van der Waals surface area contributed by atoms with Crippen molar-refractivity contribution in [1.29, 1.82) is 0 Å². The van der Waals surface area contributed by atoms with Crippen molar-refractivity contribution in [3.63, 3.8) is 0 Å². The van der Waals surface area contributed by atoms with Gasteiger partial charge in [0.2, 0.25) is 0 Å². The molecular weight excluding hydrogens is 308 g/mol. The smallest absolute Gasteiger partial charge is 0.312 e.